The molecule has 0 saturated carbocycles. The highest BCUT2D eigenvalue weighted by Crippen LogP contribution is 2.17. The predicted molar refractivity (Wildman–Crippen MR) is 90.2 cm³/mol. The van der Waals surface area contributed by atoms with Crippen LogP contribution in [0.4, 0.5) is 5.69 Å². The quantitative estimate of drug-likeness (QED) is 0.815. The number of benzene rings is 2. The molecule has 7 heteroatoms. The molecular weight excluding hydrogens is 332 g/mol. The second kappa shape index (κ2) is 8.12. The van der Waals surface area contributed by atoms with Gasteiger partial charge >= 0.3 is 5.97 Å². The van der Waals surface area contributed by atoms with E-state index in [4.69, 9.17) is 11.6 Å². The number of anilines is 1. The van der Waals surface area contributed by atoms with Crippen LogP contribution in [-0.4, -0.2) is 31.4 Å². The zero-order valence-electron chi connectivity index (χ0n) is 12.8. The number of halogens is 1. The van der Waals surface area contributed by atoms with Gasteiger partial charge in [0.1, 0.15) is 6.54 Å². The molecule has 0 heterocycles. The summed E-state index contributed by atoms with van der Waals surface area (Å²) in [5.41, 5.74) is 0.925. The molecule has 0 bridgehead atoms. The highest BCUT2D eigenvalue weighted by molar-refractivity contribution is 6.31. The molecule has 0 atom stereocenters. The molecule has 0 aliphatic carbocycles. The smallest absolute Gasteiger partial charge is 0.325 e. The minimum absolute atomic E-state index is 0.233. The van der Waals surface area contributed by atoms with Crippen LogP contribution in [-0.2, 0) is 9.53 Å². The van der Waals surface area contributed by atoms with Crippen LogP contribution in [0.15, 0.2) is 48.5 Å². The normalized spacial score (nSPS) is 9.92. The van der Waals surface area contributed by atoms with Gasteiger partial charge in [0, 0.05) is 10.6 Å². The van der Waals surface area contributed by atoms with Crippen molar-refractivity contribution in [3.63, 3.8) is 0 Å². The minimum atomic E-state index is -0.566. The van der Waals surface area contributed by atoms with E-state index in [1.807, 2.05) is 0 Å². The highest BCUT2D eigenvalue weighted by Gasteiger charge is 2.15. The van der Waals surface area contributed by atoms with Gasteiger partial charge in [-0.2, -0.15) is 0 Å². The van der Waals surface area contributed by atoms with Gasteiger partial charge in [-0.3, -0.25) is 14.4 Å². The van der Waals surface area contributed by atoms with Crippen LogP contribution < -0.4 is 10.6 Å². The molecule has 2 amide bonds. The summed E-state index contributed by atoms with van der Waals surface area (Å²) in [6, 6.07) is 12.9. The van der Waals surface area contributed by atoms with Gasteiger partial charge in [0.2, 0.25) is 0 Å². The largest absolute Gasteiger partial charge is 0.468 e. The number of para-hydroxylation sites is 1. The molecule has 0 aliphatic rings. The van der Waals surface area contributed by atoms with Gasteiger partial charge in [0.15, 0.2) is 0 Å². The lowest BCUT2D eigenvalue weighted by molar-refractivity contribution is -0.139. The molecule has 0 radical (unpaired) electrons. The van der Waals surface area contributed by atoms with Crippen LogP contribution in [0.2, 0.25) is 5.02 Å². The summed E-state index contributed by atoms with van der Waals surface area (Å²) in [5, 5.41) is 5.53. The van der Waals surface area contributed by atoms with Crippen LogP contribution in [0, 0.1) is 0 Å². The molecule has 6 nitrogen and oxygen atoms in total. The molecule has 0 spiro atoms. The van der Waals surface area contributed by atoms with Crippen molar-refractivity contribution in [2.24, 2.45) is 0 Å². The summed E-state index contributed by atoms with van der Waals surface area (Å²) in [5.74, 6) is -1.46. The number of methoxy groups -OCH3 is 1. The standard InChI is InChI=1S/C17H15ClN2O4/c1-24-15(21)10-19-17(23)13-7-2-3-8-14(13)20-16(22)11-5-4-6-12(18)9-11/h2-9H,10H2,1H3,(H,19,23)(H,20,22). The Morgan fingerprint density at radius 1 is 1.04 bits per heavy atom. The lowest BCUT2D eigenvalue weighted by Crippen LogP contribution is -2.31. The molecule has 2 aromatic carbocycles. The SMILES string of the molecule is COC(=O)CNC(=O)c1ccccc1NC(=O)c1cccc(Cl)c1. The van der Waals surface area contributed by atoms with Gasteiger partial charge in [-0.05, 0) is 30.3 Å². The van der Waals surface area contributed by atoms with Gasteiger partial charge < -0.3 is 15.4 Å². The van der Waals surface area contributed by atoms with E-state index >= 15 is 0 Å². The van der Waals surface area contributed by atoms with Crippen molar-refractivity contribution in [1.29, 1.82) is 0 Å². The van der Waals surface area contributed by atoms with Crippen LogP contribution in [0.3, 0.4) is 0 Å². The van der Waals surface area contributed by atoms with E-state index < -0.39 is 17.8 Å². The monoisotopic (exact) mass is 346 g/mol. The summed E-state index contributed by atoms with van der Waals surface area (Å²) >= 11 is 5.87. The second-order valence-corrected chi connectivity index (χ2v) is 5.21. The van der Waals surface area contributed by atoms with Crippen molar-refractivity contribution in [2.75, 3.05) is 19.0 Å². The molecule has 0 saturated heterocycles. The summed E-state index contributed by atoms with van der Waals surface area (Å²) in [7, 11) is 1.23. The van der Waals surface area contributed by atoms with Crippen LogP contribution >= 0.6 is 11.6 Å². The Balaban J connectivity index is 2.15. The molecule has 0 aromatic heterocycles. The maximum atomic E-state index is 12.3. The number of carbonyl (C=O) groups excluding carboxylic acids is 3. The average Bonchev–Trinajstić information content (AvgIpc) is 2.59. The van der Waals surface area contributed by atoms with Crippen molar-refractivity contribution in [2.45, 2.75) is 0 Å². The summed E-state index contributed by atoms with van der Waals surface area (Å²) in [6.45, 7) is -0.258. The highest BCUT2D eigenvalue weighted by atomic mass is 35.5. The van der Waals surface area contributed by atoms with E-state index in [0.717, 1.165) is 0 Å². The predicted octanol–water partition coefficient (Wildman–Crippen LogP) is 2.50. The summed E-state index contributed by atoms with van der Waals surface area (Å²) in [6.07, 6.45) is 0. The summed E-state index contributed by atoms with van der Waals surface area (Å²) in [4.78, 5) is 35.6. The lowest BCUT2D eigenvalue weighted by atomic mass is 10.1. The minimum Gasteiger partial charge on any atom is -0.468 e. The maximum Gasteiger partial charge on any atom is 0.325 e. The Morgan fingerprint density at radius 3 is 2.50 bits per heavy atom. The Kier molecular flexibility index (Phi) is 5.92. The zero-order chi connectivity index (χ0) is 17.5. The fraction of sp³-hybridized carbons (Fsp3) is 0.118. The zero-order valence-corrected chi connectivity index (χ0v) is 13.6. The van der Waals surface area contributed by atoms with E-state index in [1.54, 1.807) is 42.5 Å². The molecule has 0 unspecified atom stereocenters. The molecule has 2 aromatic rings. The Hall–Kier alpha value is -2.86. The summed E-state index contributed by atoms with van der Waals surface area (Å²) < 4.78 is 4.46. The third-order valence-electron chi connectivity index (χ3n) is 3.13. The molecule has 24 heavy (non-hydrogen) atoms. The van der Waals surface area contributed by atoms with E-state index in [2.05, 4.69) is 15.4 Å². The number of rotatable bonds is 5. The van der Waals surface area contributed by atoms with Crippen molar-refractivity contribution in [3.8, 4) is 0 Å². The van der Waals surface area contributed by atoms with Crippen molar-refractivity contribution < 1.29 is 19.1 Å². The number of ether oxygens (including phenoxy) is 1. The number of hydrogen-bond acceptors (Lipinski definition) is 4. The Labute approximate surface area is 143 Å². The van der Waals surface area contributed by atoms with Crippen molar-refractivity contribution in [1.82, 2.24) is 5.32 Å². The van der Waals surface area contributed by atoms with Gasteiger partial charge in [-0.15, -0.1) is 0 Å². The first-order valence-corrected chi connectivity index (χ1v) is 7.40. The Bertz CT molecular complexity index is 777. The molecule has 2 N–H and O–H groups in total. The lowest BCUT2D eigenvalue weighted by Gasteiger charge is -2.11. The van der Waals surface area contributed by atoms with E-state index in [-0.39, 0.29) is 12.1 Å². The fourth-order valence-electron chi connectivity index (χ4n) is 1.93. The molecular formula is C17H15ClN2O4. The van der Waals surface area contributed by atoms with E-state index in [1.165, 1.54) is 13.2 Å². The number of esters is 1. The van der Waals surface area contributed by atoms with Crippen LogP contribution in [0.25, 0.3) is 0 Å². The molecule has 2 rings (SSSR count). The number of hydrogen-bond donors (Lipinski definition) is 2. The van der Waals surface area contributed by atoms with Gasteiger partial charge in [0.25, 0.3) is 11.8 Å². The third-order valence-corrected chi connectivity index (χ3v) is 3.36. The molecule has 0 aliphatic heterocycles. The number of carbonyl (C=O) groups is 3. The number of amides is 2. The Morgan fingerprint density at radius 2 is 1.79 bits per heavy atom. The van der Waals surface area contributed by atoms with Crippen LogP contribution in [0.1, 0.15) is 20.7 Å². The first kappa shape index (κ1) is 17.5. The van der Waals surface area contributed by atoms with Gasteiger partial charge in [-0.25, -0.2) is 0 Å². The molecule has 124 valence electrons. The second-order valence-electron chi connectivity index (χ2n) is 4.77. The fourth-order valence-corrected chi connectivity index (χ4v) is 2.12. The maximum absolute atomic E-state index is 12.3. The topological polar surface area (TPSA) is 84.5 Å². The van der Waals surface area contributed by atoms with Crippen molar-refractivity contribution in [3.05, 3.63) is 64.7 Å². The van der Waals surface area contributed by atoms with Gasteiger partial charge in [-0.1, -0.05) is 29.8 Å². The van der Waals surface area contributed by atoms with Crippen molar-refractivity contribution >= 4 is 35.1 Å². The van der Waals surface area contributed by atoms with Crippen LogP contribution in [0.5, 0.6) is 0 Å². The average molecular weight is 347 g/mol. The third kappa shape index (κ3) is 4.57. The van der Waals surface area contributed by atoms with E-state index in [0.29, 0.717) is 16.3 Å². The van der Waals surface area contributed by atoms with Gasteiger partial charge in [0.05, 0.1) is 18.4 Å². The molecule has 0 fully saturated rings. The number of nitrogens with one attached hydrogen (secondary N) is 2. The van der Waals surface area contributed by atoms with E-state index in [9.17, 15) is 14.4 Å². The first-order chi connectivity index (χ1) is 11.5. The first-order valence-electron chi connectivity index (χ1n) is 7.02.